The van der Waals surface area contributed by atoms with Gasteiger partial charge in [-0.15, -0.1) is 0 Å². The third-order valence-electron chi connectivity index (χ3n) is 3.12. The van der Waals surface area contributed by atoms with Gasteiger partial charge in [0.05, 0.1) is 0 Å². The summed E-state index contributed by atoms with van der Waals surface area (Å²) in [6, 6.07) is 10.6. The number of nitrogens with zero attached hydrogens (tertiary/aromatic N) is 1. The third kappa shape index (κ3) is 7.50. The van der Waals surface area contributed by atoms with Crippen LogP contribution in [0.25, 0.3) is 0 Å². The Hall–Kier alpha value is -1.50. The molecule has 1 aromatic rings. The minimum Gasteiger partial charge on any atom is -0.376 e. The molecule has 0 bridgehead atoms. The van der Waals surface area contributed by atoms with E-state index in [1.165, 1.54) is 24.0 Å². The Morgan fingerprint density at radius 1 is 1.21 bits per heavy atom. The predicted molar refractivity (Wildman–Crippen MR) is 84.9 cm³/mol. The van der Waals surface area contributed by atoms with E-state index < -0.39 is 0 Å². The highest BCUT2D eigenvalue weighted by atomic mass is 15.1. The molecule has 0 radical (unpaired) electrons. The maximum Gasteiger partial charge on any atom is 0.0420 e. The summed E-state index contributed by atoms with van der Waals surface area (Å²) < 4.78 is 0. The van der Waals surface area contributed by atoms with Gasteiger partial charge < -0.3 is 4.90 Å². The van der Waals surface area contributed by atoms with Crippen LogP contribution >= 0.6 is 0 Å². The third-order valence-corrected chi connectivity index (χ3v) is 3.12. The van der Waals surface area contributed by atoms with E-state index in [1.54, 1.807) is 0 Å². The molecule has 0 fully saturated rings. The lowest BCUT2D eigenvalue weighted by Crippen LogP contribution is -2.10. The van der Waals surface area contributed by atoms with Crippen LogP contribution in [0.5, 0.6) is 0 Å². The molecule has 1 nitrogen and oxygen atoms in total. The summed E-state index contributed by atoms with van der Waals surface area (Å²) in [5.74, 6) is 0.633. The minimum absolute atomic E-state index is 0.633. The lowest BCUT2D eigenvalue weighted by atomic mass is 10.0. The lowest BCUT2D eigenvalue weighted by molar-refractivity contribution is 0.445. The molecule has 0 heterocycles. The summed E-state index contributed by atoms with van der Waals surface area (Å²) in [5, 5.41) is 0. The van der Waals surface area contributed by atoms with E-state index in [2.05, 4.69) is 81.4 Å². The smallest absolute Gasteiger partial charge is 0.0420 e. The number of hydrogen-bond acceptors (Lipinski definition) is 1. The molecule has 0 aliphatic rings. The summed E-state index contributed by atoms with van der Waals surface area (Å²) in [4.78, 5) is 2.24. The largest absolute Gasteiger partial charge is 0.376 e. The Balaban J connectivity index is 2.33. The summed E-state index contributed by atoms with van der Waals surface area (Å²) in [7, 11) is 2.13. The fourth-order valence-electron chi connectivity index (χ4n) is 1.95. The van der Waals surface area contributed by atoms with Crippen LogP contribution in [0.1, 0.15) is 39.2 Å². The molecule has 104 valence electrons. The minimum atomic E-state index is 0.633. The predicted octanol–water partition coefficient (Wildman–Crippen LogP) is 5.01. The molecule has 0 N–H and O–H groups in total. The molecule has 1 atom stereocenters. The number of allylic oxidation sites excluding steroid dienone is 3. The van der Waals surface area contributed by atoms with Gasteiger partial charge in [0, 0.05) is 13.6 Å². The zero-order valence-electron chi connectivity index (χ0n) is 12.8. The SMILES string of the molecule is CC(C)=CCCC(C)/C=C/N(C)Cc1ccccc1. The van der Waals surface area contributed by atoms with Gasteiger partial charge in [0.2, 0.25) is 0 Å². The van der Waals surface area contributed by atoms with Crippen molar-refractivity contribution < 1.29 is 0 Å². The Kier molecular flexibility index (Phi) is 7.02. The molecule has 0 amide bonds. The Morgan fingerprint density at radius 2 is 1.89 bits per heavy atom. The number of rotatable bonds is 7. The van der Waals surface area contributed by atoms with E-state index in [4.69, 9.17) is 0 Å². The highest BCUT2D eigenvalue weighted by molar-refractivity contribution is 5.14. The Morgan fingerprint density at radius 3 is 2.53 bits per heavy atom. The molecule has 0 saturated carbocycles. The molecule has 1 aromatic carbocycles. The first kappa shape index (κ1) is 15.6. The second-order valence-corrected chi connectivity index (χ2v) is 5.58. The van der Waals surface area contributed by atoms with Crippen LogP contribution in [0.4, 0.5) is 0 Å². The van der Waals surface area contributed by atoms with Gasteiger partial charge in [0.1, 0.15) is 0 Å². The average Bonchev–Trinajstić information content (AvgIpc) is 2.37. The van der Waals surface area contributed by atoms with Crippen molar-refractivity contribution in [2.75, 3.05) is 7.05 Å². The van der Waals surface area contributed by atoms with Gasteiger partial charge >= 0.3 is 0 Å². The number of benzene rings is 1. The van der Waals surface area contributed by atoms with Gasteiger partial charge in [-0.05, 0) is 44.4 Å². The molecule has 1 heteroatoms. The Bertz CT molecular complexity index is 399. The van der Waals surface area contributed by atoms with Crippen molar-refractivity contribution in [3.8, 4) is 0 Å². The first-order valence-corrected chi connectivity index (χ1v) is 7.14. The van der Waals surface area contributed by atoms with Crippen LogP contribution < -0.4 is 0 Å². The van der Waals surface area contributed by atoms with Crippen molar-refractivity contribution in [2.24, 2.45) is 5.92 Å². The molecule has 19 heavy (non-hydrogen) atoms. The Labute approximate surface area is 118 Å². The molecular weight excluding hydrogens is 230 g/mol. The number of hydrogen-bond donors (Lipinski definition) is 0. The zero-order valence-corrected chi connectivity index (χ0v) is 12.8. The first-order valence-electron chi connectivity index (χ1n) is 7.14. The van der Waals surface area contributed by atoms with Gasteiger partial charge in [-0.3, -0.25) is 0 Å². The van der Waals surface area contributed by atoms with E-state index in [9.17, 15) is 0 Å². The monoisotopic (exact) mass is 257 g/mol. The molecule has 0 spiro atoms. The fourth-order valence-corrected chi connectivity index (χ4v) is 1.95. The molecule has 1 rings (SSSR count). The highest BCUT2D eigenvalue weighted by Gasteiger charge is 1.98. The molecule has 0 aromatic heterocycles. The van der Waals surface area contributed by atoms with Crippen molar-refractivity contribution in [3.05, 3.63) is 59.8 Å². The van der Waals surface area contributed by atoms with Crippen LogP contribution in [-0.2, 0) is 6.54 Å². The summed E-state index contributed by atoms with van der Waals surface area (Å²) in [6.45, 7) is 7.58. The molecule has 0 saturated heterocycles. The van der Waals surface area contributed by atoms with Gasteiger partial charge in [0.25, 0.3) is 0 Å². The van der Waals surface area contributed by atoms with E-state index >= 15 is 0 Å². The molecule has 0 aliphatic heterocycles. The van der Waals surface area contributed by atoms with Gasteiger partial charge in [-0.2, -0.15) is 0 Å². The fraction of sp³-hybridized carbons (Fsp3) is 0.444. The second kappa shape index (κ2) is 8.58. The van der Waals surface area contributed by atoms with E-state index in [0.29, 0.717) is 5.92 Å². The molecular formula is C18H27N. The maximum absolute atomic E-state index is 2.32. The van der Waals surface area contributed by atoms with Gasteiger partial charge in [-0.1, -0.05) is 55.0 Å². The van der Waals surface area contributed by atoms with Crippen molar-refractivity contribution in [1.82, 2.24) is 4.90 Å². The van der Waals surface area contributed by atoms with Crippen LogP contribution in [0.15, 0.2) is 54.3 Å². The highest BCUT2D eigenvalue weighted by Crippen LogP contribution is 2.10. The van der Waals surface area contributed by atoms with Crippen LogP contribution in [0.2, 0.25) is 0 Å². The summed E-state index contributed by atoms with van der Waals surface area (Å²) >= 11 is 0. The normalized spacial score (nSPS) is 12.4. The van der Waals surface area contributed by atoms with Crippen molar-refractivity contribution in [2.45, 2.75) is 40.2 Å². The summed E-state index contributed by atoms with van der Waals surface area (Å²) in [5.41, 5.74) is 2.77. The van der Waals surface area contributed by atoms with Crippen molar-refractivity contribution >= 4 is 0 Å². The molecule has 0 aliphatic carbocycles. The zero-order chi connectivity index (χ0) is 14.1. The second-order valence-electron chi connectivity index (χ2n) is 5.58. The van der Waals surface area contributed by atoms with Gasteiger partial charge in [-0.25, -0.2) is 0 Å². The van der Waals surface area contributed by atoms with Crippen LogP contribution in [-0.4, -0.2) is 11.9 Å². The maximum atomic E-state index is 2.32. The quantitative estimate of drug-likeness (QED) is 0.620. The van der Waals surface area contributed by atoms with Crippen LogP contribution in [0, 0.1) is 5.92 Å². The lowest BCUT2D eigenvalue weighted by Gasteiger charge is -2.15. The van der Waals surface area contributed by atoms with Crippen LogP contribution in [0.3, 0.4) is 0 Å². The topological polar surface area (TPSA) is 3.24 Å². The average molecular weight is 257 g/mol. The van der Waals surface area contributed by atoms with E-state index in [1.807, 2.05) is 0 Å². The standard InChI is InChI=1S/C18H27N/c1-16(2)9-8-10-17(3)13-14-19(4)15-18-11-6-5-7-12-18/h5-7,9,11-14,17H,8,10,15H2,1-4H3/b14-13+. The molecule has 1 unspecified atom stereocenters. The van der Waals surface area contributed by atoms with E-state index in [-0.39, 0.29) is 0 Å². The van der Waals surface area contributed by atoms with E-state index in [0.717, 1.165) is 6.54 Å². The van der Waals surface area contributed by atoms with Crippen molar-refractivity contribution in [1.29, 1.82) is 0 Å². The summed E-state index contributed by atoms with van der Waals surface area (Å²) in [6.07, 6.45) is 9.23. The first-order chi connectivity index (χ1) is 9.08. The van der Waals surface area contributed by atoms with Crippen molar-refractivity contribution in [3.63, 3.8) is 0 Å². The van der Waals surface area contributed by atoms with Gasteiger partial charge in [0.15, 0.2) is 0 Å².